The van der Waals surface area contributed by atoms with Gasteiger partial charge in [-0.3, -0.25) is 0 Å². The Bertz CT molecular complexity index is 442. The van der Waals surface area contributed by atoms with Gasteiger partial charge in [-0.05, 0) is 24.5 Å². The van der Waals surface area contributed by atoms with Crippen molar-refractivity contribution in [2.24, 2.45) is 0 Å². The second-order valence-electron chi connectivity index (χ2n) is 3.60. The van der Waals surface area contributed by atoms with Gasteiger partial charge in [0, 0.05) is 5.56 Å². The Morgan fingerprint density at radius 3 is 2.64 bits per heavy atom. The summed E-state index contributed by atoms with van der Waals surface area (Å²) < 4.78 is 0. The van der Waals surface area contributed by atoms with Crippen LogP contribution in [0.1, 0.15) is 18.4 Å². The smallest absolute Gasteiger partial charge is 0.307 e. The van der Waals surface area contributed by atoms with Crippen molar-refractivity contribution in [3.8, 4) is 0 Å². The molecule has 2 amide bonds. The number of fused-ring (bicyclic) bond motifs is 1. The molecule has 2 N–H and O–H groups in total. The summed E-state index contributed by atoms with van der Waals surface area (Å²) in [6.45, 7) is 0. The molecular weight excluding hydrogens is 176 g/mol. The monoisotopic (exact) mass is 186 g/mol. The lowest BCUT2D eigenvalue weighted by molar-refractivity contribution is 0.255. The Kier molecular flexibility index (Phi) is 1.42. The molecule has 0 radical (unpaired) electrons. The predicted molar refractivity (Wildman–Crippen MR) is 54.8 cm³/mol. The Labute approximate surface area is 81.8 Å². The van der Waals surface area contributed by atoms with Crippen LogP contribution in [0.3, 0.4) is 0 Å². The molecule has 1 aromatic rings. The van der Waals surface area contributed by atoms with E-state index in [1.54, 1.807) is 0 Å². The van der Waals surface area contributed by atoms with E-state index in [4.69, 9.17) is 0 Å². The van der Waals surface area contributed by atoms with Crippen molar-refractivity contribution < 1.29 is 4.79 Å². The summed E-state index contributed by atoms with van der Waals surface area (Å²) in [5.41, 5.74) is 4.39. The minimum absolute atomic E-state index is 0.127. The highest BCUT2D eigenvalue weighted by atomic mass is 16.2. The summed E-state index contributed by atoms with van der Waals surface area (Å²) in [5.74, 6) is 0. The van der Waals surface area contributed by atoms with Crippen LogP contribution in [0.2, 0.25) is 0 Å². The number of hydrogen-bond donors (Lipinski definition) is 2. The number of urea groups is 1. The second-order valence-corrected chi connectivity index (χ2v) is 3.60. The van der Waals surface area contributed by atoms with E-state index in [1.165, 1.54) is 5.57 Å². The lowest BCUT2D eigenvalue weighted by atomic mass is 10.1. The van der Waals surface area contributed by atoms with Crippen LogP contribution in [0.5, 0.6) is 0 Å². The van der Waals surface area contributed by atoms with Crippen molar-refractivity contribution >= 4 is 17.4 Å². The van der Waals surface area contributed by atoms with Gasteiger partial charge in [0.15, 0.2) is 0 Å². The van der Waals surface area contributed by atoms with Gasteiger partial charge in [0.2, 0.25) is 0 Å². The minimum atomic E-state index is -0.127. The van der Waals surface area contributed by atoms with E-state index in [0.29, 0.717) is 0 Å². The average molecular weight is 186 g/mol. The SMILES string of the molecule is O=C1NC(=C2CC2)c2ccccc2N1. The highest BCUT2D eigenvalue weighted by Gasteiger charge is 2.25. The maximum atomic E-state index is 11.3. The average Bonchev–Trinajstić information content (AvgIpc) is 2.99. The zero-order valence-corrected chi connectivity index (χ0v) is 7.63. The number of carbonyl (C=O) groups excluding carboxylic acids is 1. The van der Waals surface area contributed by atoms with E-state index in [0.717, 1.165) is 29.8 Å². The van der Waals surface area contributed by atoms with Gasteiger partial charge < -0.3 is 10.6 Å². The number of rotatable bonds is 0. The molecule has 3 heteroatoms. The molecule has 1 saturated carbocycles. The molecule has 0 spiro atoms. The number of allylic oxidation sites excluding steroid dienone is 1. The van der Waals surface area contributed by atoms with Crippen molar-refractivity contribution in [1.29, 1.82) is 0 Å². The fourth-order valence-electron chi connectivity index (χ4n) is 1.74. The van der Waals surface area contributed by atoms with Gasteiger partial charge in [-0.25, -0.2) is 4.79 Å². The minimum Gasteiger partial charge on any atom is -0.307 e. The third kappa shape index (κ3) is 1.09. The van der Waals surface area contributed by atoms with Crippen LogP contribution in [-0.4, -0.2) is 6.03 Å². The molecule has 1 aromatic carbocycles. The largest absolute Gasteiger partial charge is 0.323 e. The van der Waals surface area contributed by atoms with Gasteiger partial charge in [0.25, 0.3) is 0 Å². The molecule has 3 nitrogen and oxygen atoms in total. The molecule has 2 aliphatic rings. The van der Waals surface area contributed by atoms with Gasteiger partial charge in [-0.15, -0.1) is 0 Å². The van der Waals surface area contributed by atoms with E-state index in [1.807, 2.05) is 24.3 Å². The van der Waals surface area contributed by atoms with Gasteiger partial charge >= 0.3 is 6.03 Å². The van der Waals surface area contributed by atoms with Crippen LogP contribution >= 0.6 is 0 Å². The van der Waals surface area contributed by atoms with Crippen molar-refractivity contribution in [2.45, 2.75) is 12.8 Å². The number of para-hydroxylation sites is 1. The van der Waals surface area contributed by atoms with Crippen molar-refractivity contribution in [1.82, 2.24) is 5.32 Å². The first kappa shape index (κ1) is 7.62. The molecule has 14 heavy (non-hydrogen) atoms. The van der Waals surface area contributed by atoms with Crippen LogP contribution in [0.15, 0.2) is 29.8 Å². The first-order chi connectivity index (χ1) is 6.84. The molecule has 0 aromatic heterocycles. The quantitative estimate of drug-likeness (QED) is 0.641. The van der Waals surface area contributed by atoms with Crippen LogP contribution in [-0.2, 0) is 0 Å². The molecular formula is C11H10N2O. The Balaban J connectivity index is 2.19. The van der Waals surface area contributed by atoms with E-state index in [-0.39, 0.29) is 6.03 Å². The highest BCUT2D eigenvalue weighted by molar-refractivity contribution is 6.03. The van der Waals surface area contributed by atoms with E-state index >= 15 is 0 Å². The molecule has 0 bridgehead atoms. The molecule has 70 valence electrons. The van der Waals surface area contributed by atoms with Gasteiger partial charge in [-0.1, -0.05) is 18.2 Å². The first-order valence-electron chi connectivity index (χ1n) is 4.74. The Hall–Kier alpha value is -1.77. The molecule has 1 aliphatic heterocycles. The maximum absolute atomic E-state index is 11.3. The lowest BCUT2D eigenvalue weighted by Crippen LogP contribution is -2.32. The summed E-state index contributed by atoms with van der Waals surface area (Å²) in [7, 11) is 0. The molecule has 1 aliphatic carbocycles. The summed E-state index contributed by atoms with van der Waals surface area (Å²) >= 11 is 0. The van der Waals surface area contributed by atoms with Gasteiger partial charge in [-0.2, -0.15) is 0 Å². The van der Waals surface area contributed by atoms with Crippen molar-refractivity contribution in [2.75, 3.05) is 5.32 Å². The molecule has 0 atom stereocenters. The Morgan fingerprint density at radius 1 is 1.07 bits per heavy atom. The lowest BCUT2D eigenvalue weighted by Gasteiger charge is -2.20. The van der Waals surface area contributed by atoms with Crippen LogP contribution in [0.25, 0.3) is 5.70 Å². The normalized spacial score (nSPS) is 18.4. The van der Waals surface area contributed by atoms with E-state index in [9.17, 15) is 4.79 Å². The third-order valence-corrected chi connectivity index (χ3v) is 2.54. The van der Waals surface area contributed by atoms with Gasteiger partial charge in [0.05, 0.1) is 11.4 Å². The van der Waals surface area contributed by atoms with Crippen LogP contribution < -0.4 is 10.6 Å². The molecule has 0 saturated heterocycles. The maximum Gasteiger partial charge on any atom is 0.323 e. The van der Waals surface area contributed by atoms with E-state index in [2.05, 4.69) is 10.6 Å². The zero-order valence-electron chi connectivity index (χ0n) is 7.63. The topological polar surface area (TPSA) is 41.1 Å². The number of hydrogen-bond acceptors (Lipinski definition) is 1. The highest BCUT2D eigenvalue weighted by Crippen LogP contribution is 2.38. The number of nitrogens with one attached hydrogen (secondary N) is 2. The van der Waals surface area contributed by atoms with Crippen molar-refractivity contribution in [3.05, 3.63) is 35.4 Å². The molecule has 0 unspecified atom stereocenters. The molecule has 3 rings (SSSR count). The zero-order chi connectivity index (χ0) is 9.54. The third-order valence-electron chi connectivity index (χ3n) is 2.54. The van der Waals surface area contributed by atoms with Crippen molar-refractivity contribution in [3.63, 3.8) is 0 Å². The number of benzene rings is 1. The number of amides is 2. The fourth-order valence-corrected chi connectivity index (χ4v) is 1.74. The first-order valence-corrected chi connectivity index (χ1v) is 4.74. The standard InChI is InChI=1S/C11H10N2O/c14-11-12-9-4-2-1-3-8(9)10(13-11)7-5-6-7/h1-4H,5-6H2,(H2,12,13,14). The number of carbonyl (C=O) groups is 1. The fraction of sp³-hybridized carbons (Fsp3) is 0.182. The van der Waals surface area contributed by atoms with E-state index < -0.39 is 0 Å². The Morgan fingerprint density at radius 2 is 1.86 bits per heavy atom. The second kappa shape index (κ2) is 2.61. The predicted octanol–water partition coefficient (Wildman–Crippen LogP) is 2.33. The summed E-state index contributed by atoms with van der Waals surface area (Å²) in [5, 5.41) is 5.65. The number of anilines is 1. The summed E-state index contributed by atoms with van der Waals surface area (Å²) in [6.07, 6.45) is 2.23. The van der Waals surface area contributed by atoms with Crippen LogP contribution in [0, 0.1) is 0 Å². The summed E-state index contributed by atoms with van der Waals surface area (Å²) in [4.78, 5) is 11.3. The molecule has 1 fully saturated rings. The van der Waals surface area contributed by atoms with Gasteiger partial charge in [0.1, 0.15) is 0 Å². The summed E-state index contributed by atoms with van der Waals surface area (Å²) in [6, 6.07) is 7.75. The molecule has 1 heterocycles. The van der Waals surface area contributed by atoms with Crippen LogP contribution in [0.4, 0.5) is 10.5 Å².